The van der Waals surface area contributed by atoms with Gasteiger partial charge in [-0.15, -0.1) is 0 Å². The predicted molar refractivity (Wildman–Crippen MR) is 66.6 cm³/mol. The fourth-order valence-electron chi connectivity index (χ4n) is 2.01. The highest BCUT2D eigenvalue weighted by Crippen LogP contribution is 2.35. The Bertz CT molecular complexity index is 206. The van der Waals surface area contributed by atoms with Crippen molar-refractivity contribution in [1.82, 2.24) is 0 Å². The maximum atomic E-state index is 2.41. The van der Waals surface area contributed by atoms with Crippen LogP contribution in [0.1, 0.15) is 66.7 Å². The average molecular weight is 194 g/mol. The largest absolute Gasteiger partial charge is 0.0727 e. The standard InChI is InChI=1S/C10H14.2C2H6/c1-8-5-6-9-3-2-4-10(9)7-8;2*1-2/h7H,2-6H2,1H3;2*1-2H3. The van der Waals surface area contributed by atoms with Gasteiger partial charge in [-0.05, 0) is 44.6 Å². The third-order valence-electron chi connectivity index (χ3n) is 2.62. The van der Waals surface area contributed by atoms with E-state index in [0.29, 0.717) is 0 Å². The Kier molecular flexibility index (Phi) is 7.55. The molecule has 0 spiro atoms. The molecule has 14 heavy (non-hydrogen) atoms. The second kappa shape index (κ2) is 7.84. The normalized spacial score (nSPS) is 18.5. The molecule has 0 aliphatic heterocycles. The quantitative estimate of drug-likeness (QED) is 0.493. The van der Waals surface area contributed by atoms with Crippen LogP contribution in [0.2, 0.25) is 0 Å². The van der Waals surface area contributed by atoms with Crippen molar-refractivity contribution in [1.29, 1.82) is 0 Å². The Balaban J connectivity index is 0.000000379. The molecule has 0 saturated heterocycles. The van der Waals surface area contributed by atoms with Crippen molar-refractivity contribution in [2.24, 2.45) is 0 Å². The molecule has 0 aromatic carbocycles. The summed E-state index contributed by atoms with van der Waals surface area (Å²) in [5, 5.41) is 0. The Labute approximate surface area is 90.1 Å². The van der Waals surface area contributed by atoms with Gasteiger partial charge >= 0.3 is 0 Å². The van der Waals surface area contributed by atoms with Crippen LogP contribution in [0, 0.1) is 0 Å². The van der Waals surface area contributed by atoms with E-state index in [1.807, 2.05) is 27.7 Å². The van der Waals surface area contributed by atoms with Gasteiger partial charge in [0.15, 0.2) is 0 Å². The zero-order chi connectivity index (χ0) is 11.0. The topological polar surface area (TPSA) is 0 Å². The van der Waals surface area contributed by atoms with Crippen molar-refractivity contribution in [3.05, 3.63) is 22.8 Å². The van der Waals surface area contributed by atoms with Crippen LogP contribution in [0.3, 0.4) is 0 Å². The minimum atomic E-state index is 1.32. The van der Waals surface area contributed by atoms with Crippen LogP contribution in [0.15, 0.2) is 22.8 Å². The van der Waals surface area contributed by atoms with Crippen molar-refractivity contribution >= 4 is 0 Å². The highest BCUT2D eigenvalue weighted by Gasteiger charge is 2.15. The van der Waals surface area contributed by atoms with Gasteiger partial charge in [0.25, 0.3) is 0 Å². The van der Waals surface area contributed by atoms with E-state index in [-0.39, 0.29) is 0 Å². The molecule has 0 saturated carbocycles. The summed E-state index contributed by atoms with van der Waals surface area (Å²) in [5.41, 5.74) is 5.01. The average Bonchev–Trinajstić information content (AvgIpc) is 2.71. The van der Waals surface area contributed by atoms with Crippen LogP contribution in [-0.4, -0.2) is 0 Å². The van der Waals surface area contributed by atoms with E-state index in [2.05, 4.69) is 13.0 Å². The van der Waals surface area contributed by atoms with Crippen LogP contribution in [0.4, 0.5) is 0 Å². The summed E-state index contributed by atoms with van der Waals surface area (Å²) < 4.78 is 0. The molecule has 0 bridgehead atoms. The summed E-state index contributed by atoms with van der Waals surface area (Å²) in [6, 6.07) is 0. The molecule has 0 heteroatoms. The molecule has 0 N–H and O–H groups in total. The van der Waals surface area contributed by atoms with E-state index in [4.69, 9.17) is 0 Å². The van der Waals surface area contributed by atoms with E-state index in [1.54, 1.807) is 16.7 Å². The molecule has 2 aliphatic rings. The molecule has 2 aliphatic carbocycles. The van der Waals surface area contributed by atoms with Crippen molar-refractivity contribution < 1.29 is 0 Å². The summed E-state index contributed by atoms with van der Waals surface area (Å²) >= 11 is 0. The highest BCUT2D eigenvalue weighted by atomic mass is 14.2. The molecule has 0 atom stereocenters. The Morgan fingerprint density at radius 2 is 1.50 bits per heavy atom. The lowest BCUT2D eigenvalue weighted by Crippen LogP contribution is -1.91. The zero-order valence-electron chi connectivity index (χ0n) is 10.6. The van der Waals surface area contributed by atoms with Gasteiger partial charge in [0.05, 0.1) is 0 Å². The van der Waals surface area contributed by atoms with E-state index in [0.717, 1.165) is 0 Å². The van der Waals surface area contributed by atoms with Gasteiger partial charge in [-0.2, -0.15) is 0 Å². The summed E-state index contributed by atoms with van der Waals surface area (Å²) in [4.78, 5) is 0. The van der Waals surface area contributed by atoms with Gasteiger partial charge < -0.3 is 0 Å². The SMILES string of the molecule is CC.CC.CC1=CC2=C(CCC2)CC1. The molecule has 0 heterocycles. The Morgan fingerprint density at radius 1 is 0.857 bits per heavy atom. The second-order valence-electron chi connectivity index (χ2n) is 3.47. The molecule has 2 rings (SSSR count). The van der Waals surface area contributed by atoms with Crippen LogP contribution in [0.25, 0.3) is 0 Å². The highest BCUT2D eigenvalue weighted by molar-refractivity contribution is 5.35. The molecule has 0 aromatic heterocycles. The first-order chi connectivity index (χ1) is 6.86. The predicted octanol–water partition coefficient (Wildman–Crippen LogP) is 5.26. The summed E-state index contributed by atoms with van der Waals surface area (Å²) in [5.74, 6) is 0. The van der Waals surface area contributed by atoms with Crippen LogP contribution >= 0.6 is 0 Å². The smallest absolute Gasteiger partial charge is 0.0276 e. The van der Waals surface area contributed by atoms with Crippen molar-refractivity contribution in [3.63, 3.8) is 0 Å². The Morgan fingerprint density at radius 3 is 2.14 bits per heavy atom. The molecule has 0 amide bonds. The lowest BCUT2D eigenvalue weighted by atomic mass is 9.95. The summed E-state index contributed by atoms with van der Waals surface area (Å²) in [6.07, 6.45) is 9.24. The fourth-order valence-corrected chi connectivity index (χ4v) is 2.01. The first kappa shape index (κ1) is 13.5. The van der Waals surface area contributed by atoms with Gasteiger partial charge in [-0.1, -0.05) is 44.9 Å². The first-order valence-electron chi connectivity index (χ1n) is 6.24. The van der Waals surface area contributed by atoms with Crippen molar-refractivity contribution in [2.75, 3.05) is 0 Å². The summed E-state index contributed by atoms with van der Waals surface area (Å²) in [6.45, 7) is 10.3. The minimum absolute atomic E-state index is 1.32. The number of hydrogen-bond acceptors (Lipinski definition) is 0. The zero-order valence-corrected chi connectivity index (χ0v) is 10.6. The van der Waals surface area contributed by atoms with E-state index < -0.39 is 0 Å². The van der Waals surface area contributed by atoms with Gasteiger partial charge in [0.2, 0.25) is 0 Å². The maximum Gasteiger partial charge on any atom is -0.0276 e. The van der Waals surface area contributed by atoms with E-state index >= 15 is 0 Å². The van der Waals surface area contributed by atoms with Gasteiger partial charge in [-0.3, -0.25) is 0 Å². The molecular formula is C14H26. The van der Waals surface area contributed by atoms with E-state index in [9.17, 15) is 0 Å². The molecule has 0 unspecified atom stereocenters. The molecule has 0 radical (unpaired) electrons. The minimum Gasteiger partial charge on any atom is -0.0727 e. The molecule has 0 aromatic rings. The fraction of sp³-hybridized carbons (Fsp3) is 0.714. The van der Waals surface area contributed by atoms with E-state index in [1.165, 1.54) is 32.1 Å². The monoisotopic (exact) mass is 194 g/mol. The van der Waals surface area contributed by atoms with Crippen molar-refractivity contribution in [3.8, 4) is 0 Å². The lowest BCUT2D eigenvalue weighted by molar-refractivity contribution is 0.840. The summed E-state index contributed by atoms with van der Waals surface area (Å²) in [7, 11) is 0. The Hall–Kier alpha value is -0.520. The molecule has 0 nitrogen and oxygen atoms in total. The number of allylic oxidation sites excluding steroid dienone is 4. The molecular weight excluding hydrogens is 168 g/mol. The third kappa shape index (κ3) is 3.69. The molecule has 0 fully saturated rings. The van der Waals surface area contributed by atoms with Crippen LogP contribution in [-0.2, 0) is 0 Å². The van der Waals surface area contributed by atoms with Gasteiger partial charge in [-0.25, -0.2) is 0 Å². The molecule has 82 valence electrons. The van der Waals surface area contributed by atoms with Gasteiger partial charge in [0, 0.05) is 0 Å². The lowest BCUT2D eigenvalue weighted by Gasteiger charge is -2.11. The third-order valence-corrected chi connectivity index (χ3v) is 2.62. The van der Waals surface area contributed by atoms with Gasteiger partial charge in [0.1, 0.15) is 0 Å². The van der Waals surface area contributed by atoms with Crippen LogP contribution in [0.5, 0.6) is 0 Å². The first-order valence-corrected chi connectivity index (χ1v) is 6.24. The second-order valence-corrected chi connectivity index (χ2v) is 3.47. The number of hydrogen-bond donors (Lipinski definition) is 0. The van der Waals surface area contributed by atoms with Crippen molar-refractivity contribution in [2.45, 2.75) is 66.7 Å². The maximum absolute atomic E-state index is 2.41. The van der Waals surface area contributed by atoms with Crippen LogP contribution < -0.4 is 0 Å². The number of rotatable bonds is 0.